The first-order chi connectivity index (χ1) is 9.34. The Morgan fingerprint density at radius 2 is 2.20 bits per heavy atom. The molecule has 1 heterocycles. The summed E-state index contributed by atoms with van der Waals surface area (Å²) < 4.78 is 10.8. The predicted molar refractivity (Wildman–Crippen MR) is 78.4 cm³/mol. The van der Waals surface area contributed by atoms with E-state index in [1.165, 1.54) is 7.11 Å². The minimum Gasteiger partial charge on any atom is -0.496 e. The fourth-order valence-corrected chi connectivity index (χ4v) is 2.43. The number of nitrogen functional groups attached to an aromatic ring is 1. The minimum atomic E-state index is -0.348. The van der Waals surface area contributed by atoms with E-state index in [-0.39, 0.29) is 11.5 Å². The van der Waals surface area contributed by atoms with E-state index in [4.69, 9.17) is 26.8 Å². The Morgan fingerprint density at radius 3 is 2.80 bits per heavy atom. The van der Waals surface area contributed by atoms with Crippen LogP contribution < -0.4 is 10.5 Å². The van der Waals surface area contributed by atoms with Crippen LogP contribution in [0.1, 0.15) is 24.2 Å². The number of carbonyl (C=O) groups is 1. The highest BCUT2D eigenvalue weighted by Crippen LogP contribution is 2.30. The molecule has 20 heavy (non-hydrogen) atoms. The number of hydrogen-bond donors (Lipinski definition) is 1. The Hall–Kier alpha value is -1.46. The standard InChI is InChI=1S/C14H19ClN2O3/c1-14(2)8-17(4-5-20-14)13(18)9-6-10(15)11(16)7-12(9)19-3/h6-7H,4-5,8,16H2,1-3H3. The molecular formula is C14H19ClN2O3. The highest BCUT2D eigenvalue weighted by Gasteiger charge is 2.31. The normalized spacial score (nSPS) is 17.9. The SMILES string of the molecule is COc1cc(N)c(Cl)cc1C(=O)N1CCOC(C)(C)C1. The first-order valence-electron chi connectivity index (χ1n) is 6.40. The number of benzene rings is 1. The van der Waals surface area contributed by atoms with E-state index in [0.29, 0.717) is 41.7 Å². The third-order valence-corrected chi connectivity index (χ3v) is 3.59. The Morgan fingerprint density at radius 1 is 1.50 bits per heavy atom. The van der Waals surface area contributed by atoms with Gasteiger partial charge in [0.1, 0.15) is 5.75 Å². The van der Waals surface area contributed by atoms with Gasteiger partial charge in [-0.3, -0.25) is 4.79 Å². The zero-order chi connectivity index (χ0) is 14.9. The van der Waals surface area contributed by atoms with Crippen LogP contribution in [-0.4, -0.2) is 43.2 Å². The molecule has 2 rings (SSSR count). The Bertz CT molecular complexity index is 531. The van der Waals surface area contributed by atoms with Crippen molar-refractivity contribution in [2.75, 3.05) is 32.5 Å². The molecule has 5 nitrogen and oxygen atoms in total. The van der Waals surface area contributed by atoms with Crippen LogP contribution in [0, 0.1) is 0 Å². The van der Waals surface area contributed by atoms with Crippen LogP contribution in [0.3, 0.4) is 0 Å². The first-order valence-corrected chi connectivity index (χ1v) is 6.78. The summed E-state index contributed by atoms with van der Waals surface area (Å²) in [6, 6.07) is 3.13. The number of halogens is 1. The molecule has 1 fully saturated rings. The van der Waals surface area contributed by atoms with Gasteiger partial charge < -0.3 is 20.1 Å². The summed E-state index contributed by atoms with van der Waals surface area (Å²) >= 11 is 6.01. The number of rotatable bonds is 2. The molecule has 1 aromatic carbocycles. The minimum absolute atomic E-state index is 0.125. The largest absolute Gasteiger partial charge is 0.496 e. The fourth-order valence-electron chi connectivity index (χ4n) is 2.27. The van der Waals surface area contributed by atoms with Crippen LogP contribution in [0.25, 0.3) is 0 Å². The smallest absolute Gasteiger partial charge is 0.257 e. The highest BCUT2D eigenvalue weighted by molar-refractivity contribution is 6.33. The van der Waals surface area contributed by atoms with Gasteiger partial charge in [0.25, 0.3) is 5.91 Å². The van der Waals surface area contributed by atoms with Gasteiger partial charge in [0.05, 0.1) is 35.6 Å². The van der Waals surface area contributed by atoms with Crippen molar-refractivity contribution in [3.63, 3.8) is 0 Å². The van der Waals surface area contributed by atoms with E-state index >= 15 is 0 Å². The second-order valence-electron chi connectivity index (χ2n) is 5.41. The summed E-state index contributed by atoms with van der Waals surface area (Å²) in [5.74, 6) is 0.307. The van der Waals surface area contributed by atoms with Gasteiger partial charge >= 0.3 is 0 Å². The van der Waals surface area contributed by atoms with Crippen molar-refractivity contribution in [2.24, 2.45) is 0 Å². The maximum atomic E-state index is 12.6. The van der Waals surface area contributed by atoms with Crippen LogP contribution >= 0.6 is 11.6 Å². The molecule has 2 N–H and O–H groups in total. The molecule has 0 aromatic heterocycles. The number of carbonyl (C=O) groups excluding carboxylic acids is 1. The fraction of sp³-hybridized carbons (Fsp3) is 0.500. The van der Waals surface area contributed by atoms with Crippen molar-refractivity contribution >= 4 is 23.2 Å². The van der Waals surface area contributed by atoms with Gasteiger partial charge in [0.2, 0.25) is 0 Å². The third kappa shape index (κ3) is 2.99. The van der Waals surface area contributed by atoms with Crippen molar-refractivity contribution in [1.82, 2.24) is 4.90 Å². The molecule has 0 spiro atoms. The second-order valence-corrected chi connectivity index (χ2v) is 5.82. The average molecular weight is 299 g/mol. The molecule has 1 aliphatic heterocycles. The van der Waals surface area contributed by atoms with E-state index in [9.17, 15) is 4.79 Å². The van der Waals surface area contributed by atoms with Crippen molar-refractivity contribution in [1.29, 1.82) is 0 Å². The summed E-state index contributed by atoms with van der Waals surface area (Å²) in [7, 11) is 1.50. The lowest BCUT2D eigenvalue weighted by molar-refractivity contribution is -0.0764. The Kier molecular flexibility index (Phi) is 4.11. The lowest BCUT2D eigenvalue weighted by Gasteiger charge is -2.38. The van der Waals surface area contributed by atoms with E-state index in [0.717, 1.165) is 0 Å². The lowest BCUT2D eigenvalue weighted by Crippen LogP contribution is -2.50. The molecule has 6 heteroatoms. The van der Waals surface area contributed by atoms with E-state index in [2.05, 4.69) is 0 Å². The molecule has 0 atom stereocenters. The van der Waals surface area contributed by atoms with Crippen molar-refractivity contribution < 1.29 is 14.3 Å². The number of anilines is 1. The van der Waals surface area contributed by atoms with E-state index < -0.39 is 0 Å². The first kappa shape index (κ1) is 14.9. The quantitative estimate of drug-likeness (QED) is 0.850. The molecule has 0 unspecified atom stereocenters. The van der Waals surface area contributed by atoms with Crippen molar-refractivity contribution in [2.45, 2.75) is 19.4 Å². The maximum absolute atomic E-state index is 12.6. The van der Waals surface area contributed by atoms with E-state index in [1.54, 1.807) is 17.0 Å². The Labute approximate surface area is 123 Å². The topological polar surface area (TPSA) is 64.8 Å². The zero-order valence-corrected chi connectivity index (χ0v) is 12.7. The molecule has 1 amide bonds. The van der Waals surface area contributed by atoms with Gasteiger partial charge in [-0.25, -0.2) is 0 Å². The van der Waals surface area contributed by atoms with Gasteiger partial charge in [-0.05, 0) is 19.9 Å². The summed E-state index contributed by atoms with van der Waals surface area (Å²) in [5, 5.41) is 0.349. The highest BCUT2D eigenvalue weighted by atomic mass is 35.5. The van der Waals surface area contributed by atoms with Crippen molar-refractivity contribution in [3.8, 4) is 5.75 Å². The number of hydrogen-bond acceptors (Lipinski definition) is 4. The number of ether oxygens (including phenoxy) is 2. The van der Waals surface area contributed by atoms with Crippen LogP contribution in [0.15, 0.2) is 12.1 Å². The van der Waals surface area contributed by atoms with Gasteiger partial charge in [-0.2, -0.15) is 0 Å². The number of nitrogens with two attached hydrogens (primary N) is 1. The molecule has 110 valence electrons. The predicted octanol–water partition coefficient (Wildman–Crippen LogP) is 2.18. The second kappa shape index (κ2) is 5.50. The summed E-state index contributed by atoms with van der Waals surface area (Å²) in [5.41, 5.74) is 6.19. The summed E-state index contributed by atoms with van der Waals surface area (Å²) in [6.07, 6.45) is 0. The number of methoxy groups -OCH3 is 1. The van der Waals surface area contributed by atoms with Crippen LogP contribution in [-0.2, 0) is 4.74 Å². The molecule has 0 radical (unpaired) electrons. The van der Waals surface area contributed by atoms with Gasteiger partial charge in [0.15, 0.2) is 0 Å². The number of amides is 1. The molecule has 0 bridgehead atoms. The summed E-state index contributed by atoms with van der Waals surface area (Å²) in [6.45, 7) is 5.51. The van der Waals surface area contributed by atoms with Crippen molar-refractivity contribution in [3.05, 3.63) is 22.7 Å². The third-order valence-electron chi connectivity index (χ3n) is 3.26. The van der Waals surface area contributed by atoms with Gasteiger partial charge in [-0.1, -0.05) is 11.6 Å². The zero-order valence-electron chi connectivity index (χ0n) is 11.9. The van der Waals surface area contributed by atoms with Crippen LogP contribution in [0.5, 0.6) is 5.75 Å². The number of nitrogens with zero attached hydrogens (tertiary/aromatic N) is 1. The Balaban J connectivity index is 2.31. The molecule has 1 aliphatic rings. The van der Waals surface area contributed by atoms with Gasteiger partial charge in [-0.15, -0.1) is 0 Å². The molecule has 0 saturated carbocycles. The summed E-state index contributed by atoms with van der Waals surface area (Å²) in [4.78, 5) is 14.4. The average Bonchev–Trinajstić information content (AvgIpc) is 2.39. The van der Waals surface area contributed by atoms with Gasteiger partial charge in [0, 0.05) is 19.2 Å². The lowest BCUT2D eigenvalue weighted by atomic mass is 10.1. The molecule has 1 saturated heterocycles. The molecule has 1 aromatic rings. The molecule has 0 aliphatic carbocycles. The monoisotopic (exact) mass is 298 g/mol. The molecular weight excluding hydrogens is 280 g/mol. The van der Waals surface area contributed by atoms with E-state index in [1.807, 2.05) is 13.8 Å². The maximum Gasteiger partial charge on any atom is 0.257 e. The van der Waals surface area contributed by atoms with Crippen LogP contribution in [0.2, 0.25) is 5.02 Å². The number of morpholine rings is 1. The van der Waals surface area contributed by atoms with Crippen LogP contribution in [0.4, 0.5) is 5.69 Å².